The summed E-state index contributed by atoms with van der Waals surface area (Å²) < 4.78 is 27.9. The Kier molecular flexibility index (Phi) is 5.56. The van der Waals surface area contributed by atoms with Crippen LogP contribution < -0.4 is 0 Å². The lowest BCUT2D eigenvalue weighted by Gasteiger charge is -2.22. The Morgan fingerprint density at radius 1 is 1.19 bits per heavy atom. The molecule has 0 radical (unpaired) electrons. The van der Waals surface area contributed by atoms with Crippen LogP contribution in [0.2, 0.25) is 0 Å². The minimum Gasteiger partial charge on any atom is -0.206 e. The molecule has 1 saturated carbocycles. The van der Waals surface area contributed by atoms with Crippen LogP contribution in [-0.4, -0.2) is 0 Å². The first-order valence-electron chi connectivity index (χ1n) is 7.76. The van der Waals surface area contributed by atoms with Crippen LogP contribution in [0.15, 0.2) is 24.8 Å². The van der Waals surface area contributed by atoms with E-state index in [0.717, 1.165) is 32.1 Å². The van der Waals surface area contributed by atoms with Crippen molar-refractivity contribution in [2.75, 3.05) is 0 Å². The molecule has 21 heavy (non-hydrogen) atoms. The van der Waals surface area contributed by atoms with Gasteiger partial charge in [0.05, 0.1) is 5.56 Å². The molecule has 2 heteroatoms. The number of hydrogen-bond donors (Lipinski definition) is 0. The zero-order valence-corrected chi connectivity index (χ0v) is 12.6. The lowest BCUT2D eigenvalue weighted by molar-refractivity contribution is 0.365. The van der Waals surface area contributed by atoms with Gasteiger partial charge >= 0.3 is 0 Å². The molecule has 0 amide bonds. The maximum atomic E-state index is 13.9. The van der Waals surface area contributed by atoms with Gasteiger partial charge in [-0.3, -0.25) is 0 Å². The Hall–Kier alpha value is -1.62. The molecular formula is C19H22F2. The van der Waals surface area contributed by atoms with Crippen LogP contribution in [0.25, 0.3) is 0 Å². The molecule has 0 heterocycles. The van der Waals surface area contributed by atoms with Gasteiger partial charge in [-0.2, -0.15) is 0 Å². The third-order valence-corrected chi connectivity index (χ3v) is 4.15. The van der Waals surface area contributed by atoms with E-state index in [2.05, 4.69) is 18.4 Å². The van der Waals surface area contributed by atoms with Crippen molar-refractivity contribution in [2.24, 2.45) is 11.8 Å². The molecule has 0 aromatic heterocycles. The average molecular weight is 288 g/mol. The molecule has 1 fully saturated rings. The lowest BCUT2D eigenvalue weighted by Crippen LogP contribution is -2.11. The monoisotopic (exact) mass is 288 g/mol. The highest BCUT2D eigenvalue weighted by atomic mass is 19.1. The summed E-state index contributed by atoms with van der Waals surface area (Å²) in [7, 11) is 0. The highest BCUT2D eigenvalue weighted by Crippen LogP contribution is 2.29. The fourth-order valence-corrected chi connectivity index (χ4v) is 2.85. The Labute approximate surface area is 126 Å². The summed E-state index contributed by atoms with van der Waals surface area (Å²) in [5, 5.41) is 0. The molecule has 0 atom stereocenters. The lowest BCUT2D eigenvalue weighted by atomic mass is 9.82. The molecule has 1 aliphatic rings. The second kappa shape index (κ2) is 7.41. The van der Waals surface area contributed by atoms with Gasteiger partial charge in [-0.25, -0.2) is 8.78 Å². The van der Waals surface area contributed by atoms with Gasteiger partial charge in [-0.1, -0.05) is 31.3 Å². The first-order chi connectivity index (χ1) is 10.1. The van der Waals surface area contributed by atoms with Crippen molar-refractivity contribution in [3.05, 3.63) is 47.5 Å². The average Bonchev–Trinajstić information content (AvgIpc) is 2.47. The Morgan fingerprint density at radius 3 is 2.33 bits per heavy atom. The van der Waals surface area contributed by atoms with Crippen LogP contribution in [0.3, 0.4) is 0 Å². The normalized spacial score (nSPS) is 21.5. The van der Waals surface area contributed by atoms with Gasteiger partial charge in [0.15, 0.2) is 0 Å². The minimum absolute atomic E-state index is 0.0827. The van der Waals surface area contributed by atoms with E-state index >= 15 is 0 Å². The Morgan fingerprint density at radius 2 is 1.81 bits per heavy atom. The van der Waals surface area contributed by atoms with Gasteiger partial charge in [0.1, 0.15) is 11.6 Å². The molecule has 0 spiro atoms. The molecule has 112 valence electrons. The van der Waals surface area contributed by atoms with Crippen LogP contribution in [0.4, 0.5) is 8.78 Å². The van der Waals surface area contributed by atoms with Crippen molar-refractivity contribution < 1.29 is 8.78 Å². The molecule has 0 N–H and O–H groups in total. The maximum absolute atomic E-state index is 13.9. The first-order valence-corrected chi connectivity index (χ1v) is 7.76. The smallest absolute Gasteiger partial charge is 0.142 e. The van der Waals surface area contributed by atoms with Crippen LogP contribution in [0.5, 0.6) is 0 Å². The van der Waals surface area contributed by atoms with Gasteiger partial charge < -0.3 is 0 Å². The van der Waals surface area contributed by atoms with Gasteiger partial charge in [0.25, 0.3) is 0 Å². The van der Waals surface area contributed by atoms with Gasteiger partial charge in [-0.05, 0) is 55.7 Å². The molecule has 2 rings (SSSR count). The number of aryl methyl sites for hydroxylation is 1. The van der Waals surface area contributed by atoms with Crippen molar-refractivity contribution in [2.45, 2.75) is 45.4 Å². The number of hydrogen-bond acceptors (Lipinski definition) is 0. The highest BCUT2D eigenvalue weighted by molar-refractivity contribution is 5.39. The summed E-state index contributed by atoms with van der Waals surface area (Å²) >= 11 is 0. The number of benzene rings is 1. The van der Waals surface area contributed by atoms with E-state index in [4.69, 9.17) is 0 Å². The van der Waals surface area contributed by atoms with Crippen molar-refractivity contribution in [3.63, 3.8) is 0 Å². The summed E-state index contributed by atoms with van der Waals surface area (Å²) in [5.74, 6) is 5.53. The zero-order valence-electron chi connectivity index (χ0n) is 12.6. The number of halogens is 2. The van der Waals surface area contributed by atoms with Gasteiger partial charge in [-0.15, -0.1) is 6.58 Å². The van der Waals surface area contributed by atoms with E-state index < -0.39 is 11.6 Å². The fraction of sp³-hybridized carbons (Fsp3) is 0.474. The molecule has 0 aliphatic heterocycles. The van der Waals surface area contributed by atoms with E-state index in [-0.39, 0.29) is 11.5 Å². The second-order valence-electron chi connectivity index (χ2n) is 5.80. The zero-order chi connectivity index (χ0) is 15.2. The predicted molar refractivity (Wildman–Crippen MR) is 82.9 cm³/mol. The molecular weight excluding hydrogens is 266 g/mol. The van der Waals surface area contributed by atoms with E-state index in [0.29, 0.717) is 17.9 Å². The van der Waals surface area contributed by atoms with E-state index in [1.807, 2.05) is 13.0 Å². The van der Waals surface area contributed by atoms with Crippen LogP contribution in [0.1, 0.15) is 50.2 Å². The summed E-state index contributed by atoms with van der Waals surface area (Å²) in [6, 6.07) is 2.82. The van der Waals surface area contributed by atoms with Crippen molar-refractivity contribution >= 4 is 0 Å². The predicted octanol–water partition coefficient (Wildman–Crippen LogP) is 5.26. The third kappa shape index (κ3) is 4.17. The summed E-state index contributed by atoms with van der Waals surface area (Å²) in [6.45, 7) is 5.80. The van der Waals surface area contributed by atoms with Gasteiger partial charge in [0, 0.05) is 5.92 Å². The summed E-state index contributed by atoms with van der Waals surface area (Å²) in [4.78, 5) is 0. The van der Waals surface area contributed by atoms with Crippen LogP contribution in [-0.2, 0) is 6.42 Å². The third-order valence-electron chi connectivity index (χ3n) is 4.15. The molecule has 1 aromatic carbocycles. The van der Waals surface area contributed by atoms with E-state index in [9.17, 15) is 8.78 Å². The second-order valence-corrected chi connectivity index (χ2v) is 5.80. The van der Waals surface area contributed by atoms with E-state index in [1.54, 1.807) is 0 Å². The van der Waals surface area contributed by atoms with Gasteiger partial charge in [0.2, 0.25) is 0 Å². The Bertz CT molecular complexity index is 532. The topological polar surface area (TPSA) is 0 Å². The van der Waals surface area contributed by atoms with E-state index in [1.165, 1.54) is 12.1 Å². The molecule has 0 bridgehead atoms. The summed E-state index contributed by atoms with van der Waals surface area (Å²) in [6.07, 6.45) is 7.67. The fourth-order valence-electron chi connectivity index (χ4n) is 2.85. The van der Waals surface area contributed by atoms with Crippen molar-refractivity contribution in [3.8, 4) is 11.8 Å². The molecule has 0 nitrogen and oxygen atoms in total. The minimum atomic E-state index is -0.536. The Balaban J connectivity index is 2.10. The number of rotatable bonds is 3. The molecule has 0 saturated heterocycles. The maximum Gasteiger partial charge on any atom is 0.142 e. The van der Waals surface area contributed by atoms with Crippen molar-refractivity contribution in [1.82, 2.24) is 0 Å². The highest BCUT2D eigenvalue weighted by Gasteiger charge is 2.17. The molecule has 1 aromatic rings. The van der Waals surface area contributed by atoms with Crippen LogP contribution >= 0.6 is 0 Å². The quantitative estimate of drug-likeness (QED) is 0.525. The first kappa shape index (κ1) is 15.8. The largest absolute Gasteiger partial charge is 0.206 e. The molecule has 0 unspecified atom stereocenters. The van der Waals surface area contributed by atoms with Crippen molar-refractivity contribution in [1.29, 1.82) is 0 Å². The summed E-state index contributed by atoms with van der Waals surface area (Å²) in [5.41, 5.74) is 0.616. The SMILES string of the molecule is C=CC1CCC(C#Cc2c(F)cc(CCC)cc2F)CC1. The standard InChI is InChI=1S/C19H22F2/c1-3-5-16-12-18(20)17(19(21)13-16)11-10-15-8-6-14(4-2)7-9-15/h4,12-15H,2-3,5-9H2,1H3. The number of allylic oxidation sites excluding steroid dienone is 1. The molecule has 1 aliphatic carbocycles. The van der Waals surface area contributed by atoms with Crippen LogP contribution in [0, 0.1) is 35.3 Å².